The van der Waals surface area contributed by atoms with Crippen LogP contribution in [0.1, 0.15) is 16.5 Å². The Kier molecular flexibility index (Phi) is 5.82. The van der Waals surface area contributed by atoms with Crippen LogP contribution in [0.2, 0.25) is 0 Å². The second-order valence-electron chi connectivity index (χ2n) is 8.57. The van der Waals surface area contributed by atoms with Gasteiger partial charge in [0.2, 0.25) is 16.7 Å². The maximum absolute atomic E-state index is 13.8. The molecule has 0 radical (unpaired) electrons. The Balaban J connectivity index is 1.31. The number of benzene rings is 2. The average Bonchev–Trinajstić information content (AvgIpc) is 3.65. The van der Waals surface area contributed by atoms with Crippen LogP contribution in [0.4, 0.5) is 10.1 Å². The number of aromatic nitrogens is 3. The minimum Gasteiger partial charge on any atom is -0.497 e. The molecule has 1 atom stereocenters. The fraction of sp³-hybridized carbons (Fsp3) is 0.231. The van der Waals surface area contributed by atoms with E-state index in [2.05, 4.69) is 32.0 Å². The van der Waals surface area contributed by atoms with Crippen molar-refractivity contribution in [2.75, 3.05) is 38.2 Å². The number of hydrogen-bond donors (Lipinski definition) is 1. The Bertz CT molecular complexity index is 1460. The number of thiazole rings is 1. The highest BCUT2D eigenvalue weighted by Gasteiger charge is 2.32. The van der Waals surface area contributed by atoms with E-state index in [4.69, 9.17) is 9.15 Å². The van der Waals surface area contributed by atoms with Crippen LogP contribution < -0.4 is 9.64 Å². The molecule has 0 unspecified atom stereocenters. The normalized spacial score (nSPS) is 15.4. The number of anilines is 1. The Hall–Kier alpha value is -3.89. The van der Waals surface area contributed by atoms with E-state index in [1.165, 1.54) is 28.0 Å². The first-order chi connectivity index (χ1) is 17.6. The third-order valence-electron chi connectivity index (χ3n) is 6.49. The molecule has 8 nitrogen and oxygen atoms in total. The summed E-state index contributed by atoms with van der Waals surface area (Å²) >= 11 is 1.38. The van der Waals surface area contributed by atoms with Gasteiger partial charge in [-0.1, -0.05) is 23.5 Å². The van der Waals surface area contributed by atoms with Gasteiger partial charge in [0.15, 0.2) is 5.76 Å². The fourth-order valence-electron chi connectivity index (χ4n) is 4.64. The summed E-state index contributed by atoms with van der Waals surface area (Å²) in [5.74, 6) is 1.52. The number of ether oxygens (including phenoxy) is 1. The number of halogens is 1. The number of rotatable bonds is 6. The molecular formula is C26H24FN5O3S. The highest BCUT2D eigenvalue weighted by atomic mass is 32.1. The van der Waals surface area contributed by atoms with Crippen molar-refractivity contribution >= 4 is 22.0 Å². The molecule has 2 aromatic carbocycles. The van der Waals surface area contributed by atoms with Gasteiger partial charge in [-0.15, -0.1) is 5.10 Å². The molecule has 6 rings (SSSR count). The zero-order valence-electron chi connectivity index (χ0n) is 19.5. The van der Waals surface area contributed by atoms with Gasteiger partial charge in [-0.25, -0.2) is 4.39 Å². The Labute approximate surface area is 210 Å². The zero-order valence-corrected chi connectivity index (χ0v) is 20.4. The lowest BCUT2D eigenvalue weighted by molar-refractivity contribution is 0.211. The molecule has 0 amide bonds. The predicted octanol–water partition coefficient (Wildman–Crippen LogP) is 4.82. The van der Waals surface area contributed by atoms with Crippen LogP contribution >= 0.6 is 11.3 Å². The first-order valence-corrected chi connectivity index (χ1v) is 12.4. The van der Waals surface area contributed by atoms with Crippen molar-refractivity contribution in [1.29, 1.82) is 0 Å². The number of nitrogens with zero attached hydrogens (tertiary/aromatic N) is 5. The third-order valence-corrected chi connectivity index (χ3v) is 7.56. The number of aromatic hydroxyl groups is 1. The molecule has 5 aromatic rings. The van der Waals surface area contributed by atoms with E-state index in [-0.39, 0.29) is 17.7 Å². The topological polar surface area (TPSA) is 79.3 Å². The Morgan fingerprint density at radius 2 is 1.78 bits per heavy atom. The van der Waals surface area contributed by atoms with Gasteiger partial charge in [-0.2, -0.15) is 9.50 Å². The van der Waals surface area contributed by atoms with Crippen molar-refractivity contribution in [3.63, 3.8) is 0 Å². The van der Waals surface area contributed by atoms with Crippen LogP contribution in [0.5, 0.6) is 11.6 Å². The lowest BCUT2D eigenvalue weighted by Gasteiger charge is -2.40. The summed E-state index contributed by atoms with van der Waals surface area (Å²) in [6, 6.07) is 17.8. The lowest BCUT2D eigenvalue weighted by atomic mass is 10.0. The molecule has 1 saturated heterocycles. The first-order valence-electron chi connectivity index (χ1n) is 11.6. The standard InChI is InChI=1S/C26H24FN5O3S/c1-34-20-10-8-19(9-11-20)30-12-14-31(15-13-30)22(17-4-6-18(27)7-5-17)23-25(33)32-26(36-23)28-24(29-32)21-3-2-16-35-21/h2-11,16,22,33H,12-15H2,1H3/t22-/m1/s1. The molecule has 1 fully saturated rings. The molecule has 0 bridgehead atoms. The maximum Gasteiger partial charge on any atom is 0.230 e. The summed E-state index contributed by atoms with van der Waals surface area (Å²) in [6.45, 7) is 3.15. The molecule has 3 aromatic heterocycles. The molecule has 4 heterocycles. The molecule has 10 heteroatoms. The average molecular weight is 506 g/mol. The molecule has 0 spiro atoms. The molecular weight excluding hydrogens is 481 g/mol. The van der Waals surface area contributed by atoms with E-state index in [1.54, 1.807) is 37.6 Å². The summed E-state index contributed by atoms with van der Waals surface area (Å²) in [4.78, 5) is 10.5. The van der Waals surface area contributed by atoms with Crippen LogP contribution in [0, 0.1) is 5.82 Å². The number of piperazine rings is 1. The summed E-state index contributed by atoms with van der Waals surface area (Å²) in [6.07, 6.45) is 1.56. The molecule has 184 valence electrons. The van der Waals surface area contributed by atoms with E-state index >= 15 is 0 Å². The number of hydrogen-bond acceptors (Lipinski definition) is 8. The van der Waals surface area contributed by atoms with E-state index in [0.29, 0.717) is 16.5 Å². The van der Waals surface area contributed by atoms with Crippen molar-refractivity contribution in [2.24, 2.45) is 0 Å². The maximum atomic E-state index is 13.8. The van der Waals surface area contributed by atoms with Crippen molar-refractivity contribution in [1.82, 2.24) is 19.5 Å². The Morgan fingerprint density at radius 3 is 2.42 bits per heavy atom. The van der Waals surface area contributed by atoms with Crippen molar-refractivity contribution in [3.05, 3.63) is 83.2 Å². The zero-order chi connectivity index (χ0) is 24.6. The molecule has 1 N–H and O–H groups in total. The van der Waals surface area contributed by atoms with Crippen molar-refractivity contribution in [3.8, 4) is 23.2 Å². The van der Waals surface area contributed by atoms with E-state index in [0.717, 1.165) is 48.1 Å². The van der Waals surface area contributed by atoms with Gasteiger partial charge < -0.3 is 19.2 Å². The molecule has 1 aliphatic rings. The van der Waals surface area contributed by atoms with Crippen LogP contribution in [0.3, 0.4) is 0 Å². The van der Waals surface area contributed by atoms with Crippen LogP contribution in [0.25, 0.3) is 16.5 Å². The van der Waals surface area contributed by atoms with Gasteiger partial charge in [0, 0.05) is 31.9 Å². The summed E-state index contributed by atoms with van der Waals surface area (Å²) in [5, 5.41) is 15.7. The van der Waals surface area contributed by atoms with Gasteiger partial charge in [-0.3, -0.25) is 4.90 Å². The fourth-order valence-corrected chi connectivity index (χ4v) is 5.76. The van der Waals surface area contributed by atoms with Gasteiger partial charge in [0.25, 0.3) is 0 Å². The molecule has 0 aliphatic carbocycles. The van der Waals surface area contributed by atoms with Gasteiger partial charge in [0.1, 0.15) is 11.6 Å². The predicted molar refractivity (Wildman–Crippen MR) is 135 cm³/mol. The monoisotopic (exact) mass is 505 g/mol. The number of furan rings is 1. The summed E-state index contributed by atoms with van der Waals surface area (Å²) in [5.41, 5.74) is 2.04. The second-order valence-corrected chi connectivity index (χ2v) is 9.58. The third kappa shape index (κ3) is 4.08. The quantitative estimate of drug-likeness (QED) is 0.355. The van der Waals surface area contributed by atoms with Crippen LogP contribution in [-0.2, 0) is 0 Å². The van der Waals surface area contributed by atoms with Gasteiger partial charge in [0.05, 0.1) is 24.3 Å². The SMILES string of the molecule is COc1ccc(N2CCN([C@H](c3ccc(F)cc3)c3sc4nc(-c5ccco5)nn4c3O)CC2)cc1. The van der Waals surface area contributed by atoms with Crippen LogP contribution in [-0.4, -0.2) is 57.9 Å². The molecule has 1 aliphatic heterocycles. The largest absolute Gasteiger partial charge is 0.497 e. The summed E-state index contributed by atoms with van der Waals surface area (Å²) < 4.78 is 25.9. The number of methoxy groups -OCH3 is 1. The van der Waals surface area contributed by atoms with Gasteiger partial charge >= 0.3 is 0 Å². The first kappa shape index (κ1) is 22.6. The minimum atomic E-state index is -0.295. The van der Waals surface area contributed by atoms with Crippen molar-refractivity contribution < 1.29 is 18.7 Å². The second kappa shape index (κ2) is 9.29. The van der Waals surface area contributed by atoms with E-state index in [9.17, 15) is 9.50 Å². The van der Waals surface area contributed by atoms with E-state index in [1.807, 2.05) is 12.1 Å². The van der Waals surface area contributed by atoms with Crippen molar-refractivity contribution in [2.45, 2.75) is 6.04 Å². The number of fused-ring (bicyclic) bond motifs is 1. The highest BCUT2D eigenvalue weighted by Crippen LogP contribution is 2.41. The summed E-state index contributed by atoms with van der Waals surface area (Å²) in [7, 11) is 1.66. The molecule has 36 heavy (non-hydrogen) atoms. The smallest absolute Gasteiger partial charge is 0.230 e. The molecule has 0 saturated carbocycles. The minimum absolute atomic E-state index is 0.0345. The van der Waals surface area contributed by atoms with E-state index < -0.39 is 0 Å². The van der Waals surface area contributed by atoms with Gasteiger partial charge in [-0.05, 0) is 54.1 Å². The highest BCUT2D eigenvalue weighted by molar-refractivity contribution is 7.17. The lowest BCUT2D eigenvalue weighted by Crippen LogP contribution is -2.47. The van der Waals surface area contributed by atoms with Crippen LogP contribution in [0.15, 0.2) is 71.3 Å². The Morgan fingerprint density at radius 1 is 1.03 bits per heavy atom.